The Morgan fingerprint density at radius 2 is 1.70 bits per heavy atom. The van der Waals surface area contributed by atoms with Gasteiger partial charge < -0.3 is 19.4 Å². The molecule has 1 aromatic carbocycles. The third kappa shape index (κ3) is 3.86. The Hall–Kier alpha value is -2.71. The number of piperazine rings is 1. The molecule has 2 aliphatic rings. The molecular formula is C18H21F2N3O4. The zero-order valence-electron chi connectivity index (χ0n) is 15.0. The number of halogens is 2. The van der Waals surface area contributed by atoms with Gasteiger partial charge in [-0.15, -0.1) is 0 Å². The van der Waals surface area contributed by atoms with E-state index in [-0.39, 0.29) is 25.5 Å². The van der Waals surface area contributed by atoms with E-state index in [0.717, 1.165) is 17.0 Å². The summed E-state index contributed by atoms with van der Waals surface area (Å²) in [7, 11) is 0. The van der Waals surface area contributed by atoms with Crippen LogP contribution in [0.1, 0.15) is 13.3 Å². The average Bonchev–Trinajstić information content (AvgIpc) is 3.03. The number of hydrogen-bond acceptors (Lipinski definition) is 4. The zero-order chi connectivity index (χ0) is 19.6. The first-order valence-corrected chi connectivity index (χ1v) is 8.87. The predicted octanol–water partition coefficient (Wildman–Crippen LogP) is 1.62. The molecule has 9 heteroatoms. The monoisotopic (exact) mass is 381 g/mol. The Bertz CT molecular complexity index is 730. The number of anilines is 1. The Morgan fingerprint density at radius 3 is 2.30 bits per heavy atom. The number of benzene rings is 1. The maximum absolute atomic E-state index is 14.0. The van der Waals surface area contributed by atoms with Gasteiger partial charge in [-0.1, -0.05) is 6.07 Å². The minimum atomic E-state index is -0.834. The summed E-state index contributed by atoms with van der Waals surface area (Å²) < 4.78 is 32.9. The van der Waals surface area contributed by atoms with Crippen molar-refractivity contribution in [2.24, 2.45) is 5.92 Å². The van der Waals surface area contributed by atoms with Gasteiger partial charge in [-0.25, -0.2) is 13.6 Å². The van der Waals surface area contributed by atoms with Crippen LogP contribution in [0.5, 0.6) is 0 Å². The molecule has 0 saturated carbocycles. The van der Waals surface area contributed by atoms with Crippen molar-refractivity contribution in [3.05, 3.63) is 29.8 Å². The molecule has 0 N–H and O–H groups in total. The molecule has 3 rings (SSSR count). The van der Waals surface area contributed by atoms with Crippen LogP contribution in [0.25, 0.3) is 0 Å². The largest absolute Gasteiger partial charge is 0.450 e. The van der Waals surface area contributed by atoms with E-state index in [1.807, 2.05) is 0 Å². The molecule has 0 radical (unpaired) electrons. The van der Waals surface area contributed by atoms with Crippen molar-refractivity contribution < 1.29 is 27.9 Å². The molecule has 146 valence electrons. The van der Waals surface area contributed by atoms with Gasteiger partial charge >= 0.3 is 6.09 Å². The Labute approximate surface area is 155 Å². The van der Waals surface area contributed by atoms with Crippen molar-refractivity contribution >= 4 is 23.6 Å². The van der Waals surface area contributed by atoms with Crippen LogP contribution < -0.4 is 4.90 Å². The fraction of sp³-hybridized carbons (Fsp3) is 0.500. The molecule has 2 saturated heterocycles. The minimum Gasteiger partial charge on any atom is -0.450 e. The van der Waals surface area contributed by atoms with Gasteiger partial charge in [-0.05, 0) is 19.1 Å². The number of hydrogen-bond donors (Lipinski definition) is 0. The molecular weight excluding hydrogens is 360 g/mol. The molecule has 2 aliphatic heterocycles. The highest BCUT2D eigenvalue weighted by Gasteiger charge is 2.40. The predicted molar refractivity (Wildman–Crippen MR) is 92.0 cm³/mol. The summed E-state index contributed by atoms with van der Waals surface area (Å²) in [5, 5.41) is 0. The number of para-hydroxylation sites is 1. The highest BCUT2D eigenvalue weighted by molar-refractivity contribution is 6.00. The number of carbonyl (C=O) groups is 3. The first kappa shape index (κ1) is 19.1. The first-order valence-electron chi connectivity index (χ1n) is 8.87. The Balaban J connectivity index is 1.63. The summed E-state index contributed by atoms with van der Waals surface area (Å²) >= 11 is 0. The van der Waals surface area contributed by atoms with Crippen LogP contribution >= 0.6 is 0 Å². The van der Waals surface area contributed by atoms with E-state index in [0.29, 0.717) is 26.2 Å². The van der Waals surface area contributed by atoms with Crippen molar-refractivity contribution in [1.29, 1.82) is 0 Å². The lowest BCUT2D eigenvalue weighted by Gasteiger charge is -2.35. The second-order valence-electron chi connectivity index (χ2n) is 6.49. The van der Waals surface area contributed by atoms with E-state index < -0.39 is 35.2 Å². The number of amides is 3. The van der Waals surface area contributed by atoms with E-state index in [4.69, 9.17) is 4.74 Å². The molecule has 3 amide bonds. The van der Waals surface area contributed by atoms with Crippen molar-refractivity contribution in [2.75, 3.05) is 44.2 Å². The molecule has 7 nitrogen and oxygen atoms in total. The van der Waals surface area contributed by atoms with Crippen molar-refractivity contribution in [2.45, 2.75) is 13.3 Å². The number of ether oxygens (including phenoxy) is 1. The van der Waals surface area contributed by atoms with Gasteiger partial charge in [-0.2, -0.15) is 0 Å². The van der Waals surface area contributed by atoms with Crippen molar-refractivity contribution in [1.82, 2.24) is 9.80 Å². The molecule has 0 spiro atoms. The fourth-order valence-electron chi connectivity index (χ4n) is 3.42. The number of carbonyl (C=O) groups excluding carboxylic acids is 3. The maximum Gasteiger partial charge on any atom is 0.409 e. The average molecular weight is 381 g/mol. The van der Waals surface area contributed by atoms with Crippen LogP contribution in [0.15, 0.2) is 18.2 Å². The summed E-state index contributed by atoms with van der Waals surface area (Å²) in [6, 6.07) is 3.38. The summed E-state index contributed by atoms with van der Waals surface area (Å²) in [4.78, 5) is 40.8. The van der Waals surface area contributed by atoms with Crippen molar-refractivity contribution in [3.63, 3.8) is 0 Å². The van der Waals surface area contributed by atoms with E-state index in [9.17, 15) is 23.2 Å². The smallest absolute Gasteiger partial charge is 0.409 e. The Morgan fingerprint density at radius 1 is 1.11 bits per heavy atom. The molecule has 27 heavy (non-hydrogen) atoms. The number of nitrogens with zero attached hydrogens (tertiary/aromatic N) is 3. The number of rotatable bonds is 3. The Kier molecular flexibility index (Phi) is 5.57. The topological polar surface area (TPSA) is 70.2 Å². The molecule has 2 heterocycles. The van der Waals surface area contributed by atoms with Gasteiger partial charge in [0.1, 0.15) is 17.3 Å². The second kappa shape index (κ2) is 7.89. The lowest BCUT2D eigenvalue weighted by molar-refractivity contribution is -0.137. The third-order valence-corrected chi connectivity index (χ3v) is 4.80. The highest BCUT2D eigenvalue weighted by atomic mass is 19.1. The fourth-order valence-corrected chi connectivity index (χ4v) is 3.42. The van der Waals surface area contributed by atoms with Gasteiger partial charge in [0.15, 0.2) is 0 Å². The lowest BCUT2D eigenvalue weighted by Crippen LogP contribution is -2.52. The molecule has 1 aromatic rings. The van der Waals surface area contributed by atoms with E-state index in [1.54, 1.807) is 11.8 Å². The summed E-state index contributed by atoms with van der Waals surface area (Å²) in [6.45, 7) is 3.29. The van der Waals surface area contributed by atoms with Gasteiger partial charge in [0, 0.05) is 39.1 Å². The SMILES string of the molecule is CCOC(=O)N1CCN(C(=O)C2CC(=O)N(c3c(F)cccc3F)C2)CC1. The van der Waals surface area contributed by atoms with Gasteiger partial charge in [0.2, 0.25) is 11.8 Å². The quantitative estimate of drug-likeness (QED) is 0.798. The van der Waals surface area contributed by atoms with E-state index in [2.05, 4.69) is 0 Å². The van der Waals surface area contributed by atoms with Crippen LogP contribution in [-0.2, 0) is 14.3 Å². The third-order valence-electron chi connectivity index (χ3n) is 4.80. The summed E-state index contributed by atoms with van der Waals surface area (Å²) in [5.41, 5.74) is -0.412. The highest BCUT2D eigenvalue weighted by Crippen LogP contribution is 2.30. The maximum atomic E-state index is 14.0. The minimum absolute atomic E-state index is 0.0619. The van der Waals surface area contributed by atoms with Crippen LogP contribution in [0.2, 0.25) is 0 Å². The second-order valence-corrected chi connectivity index (χ2v) is 6.49. The molecule has 1 atom stereocenters. The van der Waals surface area contributed by atoms with Gasteiger partial charge in [0.25, 0.3) is 0 Å². The van der Waals surface area contributed by atoms with Gasteiger partial charge in [0.05, 0.1) is 12.5 Å². The van der Waals surface area contributed by atoms with Gasteiger partial charge in [-0.3, -0.25) is 9.59 Å². The summed E-state index contributed by atoms with van der Waals surface area (Å²) in [6.07, 6.45) is -0.508. The van der Waals surface area contributed by atoms with Crippen LogP contribution in [0, 0.1) is 17.6 Å². The standard InChI is InChI=1S/C18H21F2N3O4/c1-2-27-18(26)22-8-6-21(7-9-22)17(25)12-10-15(24)23(11-12)16-13(19)4-3-5-14(16)20/h3-5,12H,2,6-11H2,1H3. The van der Waals surface area contributed by atoms with E-state index in [1.165, 1.54) is 11.0 Å². The summed E-state index contributed by atoms with van der Waals surface area (Å²) in [5.74, 6) is -3.06. The zero-order valence-corrected chi connectivity index (χ0v) is 15.0. The molecule has 0 aliphatic carbocycles. The van der Waals surface area contributed by atoms with E-state index >= 15 is 0 Å². The normalized spacial score (nSPS) is 20.2. The molecule has 1 unspecified atom stereocenters. The van der Waals surface area contributed by atoms with Crippen LogP contribution in [0.3, 0.4) is 0 Å². The molecule has 0 bridgehead atoms. The van der Waals surface area contributed by atoms with Crippen molar-refractivity contribution in [3.8, 4) is 0 Å². The molecule has 0 aromatic heterocycles. The molecule has 2 fully saturated rings. The first-order chi connectivity index (χ1) is 12.9. The lowest BCUT2D eigenvalue weighted by atomic mass is 10.1. The van der Waals surface area contributed by atoms with Crippen LogP contribution in [0.4, 0.5) is 19.3 Å². The van der Waals surface area contributed by atoms with Crippen LogP contribution in [-0.4, -0.2) is 67.0 Å².